The van der Waals surface area contributed by atoms with Gasteiger partial charge in [0, 0.05) is 37.1 Å². The van der Waals surface area contributed by atoms with Crippen LogP contribution >= 0.6 is 0 Å². The van der Waals surface area contributed by atoms with Crippen molar-refractivity contribution in [3.8, 4) is 0 Å². The van der Waals surface area contributed by atoms with Crippen molar-refractivity contribution >= 4 is 5.69 Å². The lowest BCUT2D eigenvalue weighted by atomic mass is 9.99. The van der Waals surface area contributed by atoms with Crippen LogP contribution in [-0.4, -0.2) is 24.6 Å². The van der Waals surface area contributed by atoms with Gasteiger partial charge in [-0.1, -0.05) is 6.92 Å². The van der Waals surface area contributed by atoms with Gasteiger partial charge >= 0.3 is 0 Å². The normalized spacial score (nSPS) is 17.8. The fourth-order valence-corrected chi connectivity index (χ4v) is 2.21. The van der Waals surface area contributed by atoms with Gasteiger partial charge in [-0.25, -0.2) is 0 Å². The number of piperidine rings is 1. The van der Waals surface area contributed by atoms with Crippen LogP contribution < -0.4 is 10.6 Å². The highest BCUT2D eigenvalue weighted by Gasteiger charge is 2.16. The van der Waals surface area contributed by atoms with Crippen molar-refractivity contribution in [1.82, 2.24) is 4.98 Å². The minimum atomic E-state index is 0.674. The molecule has 16 heavy (non-hydrogen) atoms. The van der Waals surface area contributed by atoms with Crippen molar-refractivity contribution in [3.63, 3.8) is 0 Å². The van der Waals surface area contributed by atoms with Gasteiger partial charge in [-0.3, -0.25) is 4.98 Å². The molecule has 0 atom stereocenters. The van der Waals surface area contributed by atoms with Crippen molar-refractivity contribution in [2.24, 2.45) is 11.7 Å². The van der Waals surface area contributed by atoms with Crippen LogP contribution in [0.5, 0.6) is 0 Å². The predicted octanol–water partition coefficient (Wildman–Crippen LogP) is 1.82. The maximum atomic E-state index is 5.55. The minimum Gasteiger partial charge on any atom is -0.371 e. The zero-order chi connectivity index (χ0) is 11.4. The maximum absolute atomic E-state index is 5.55. The van der Waals surface area contributed by atoms with Gasteiger partial charge in [0.05, 0.1) is 0 Å². The van der Waals surface area contributed by atoms with E-state index in [2.05, 4.69) is 28.9 Å². The third kappa shape index (κ3) is 2.73. The van der Waals surface area contributed by atoms with E-state index >= 15 is 0 Å². The van der Waals surface area contributed by atoms with Crippen LogP contribution in [0.1, 0.15) is 25.5 Å². The average molecular weight is 219 g/mol. The first-order chi connectivity index (χ1) is 7.79. The molecule has 0 radical (unpaired) electrons. The molecule has 3 nitrogen and oxygen atoms in total. The fourth-order valence-electron chi connectivity index (χ4n) is 2.21. The Morgan fingerprint density at radius 2 is 2.19 bits per heavy atom. The van der Waals surface area contributed by atoms with E-state index in [0.717, 1.165) is 18.0 Å². The Hall–Kier alpha value is -1.09. The second-order valence-corrected chi connectivity index (χ2v) is 4.71. The molecule has 1 aromatic heterocycles. The quantitative estimate of drug-likeness (QED) is 0.843. The second kappa shape index (κ2) is 5.30. The summed E-state index contributed by atoms with van der Waals surface area (Å²) in [4.78, 5) is 6.79. The Balaban J connectivity index is 2.05. The highest BCUT2D eigenvalue weighted by molar-refractivity contribution is 5.46. The van der Waals surface area contributed by atoms with E-state index in [1.807, 2.05) is 6.20 Å². The summed E-state index contributed by atoms with van der Waals surface area (Å²) in [7, 11) is 0. The monoisotopic (exact) mass is 219 g/mol. The Bertz CT molecular complexity index is 330. The summed E-state index contributed by atoms with van der Waals surface area (Å²) in [5.74, 6) is 0.876. The number of aromatic nitrogens is 1. The summed E-state index contributed by atoms with van der Waals surface area (Å²) >= 11 is 0. The van der Waals surface area contributed by atoms with Crippen LogP contribution in [-0.2, 0) is 6.42 Å². The number of hydrogen-bond donors (Lipinski definition) is 1. The summed E-state index contributed by atoms with van der Waals surface area (Å²) in [6.07, 6.45) is 5.37. The molecule has 88 valence electrons. The molecule has 1 saturated heterocycles. The zero-order valence-corrected chi connectivity index (χ0v) is 10.0. The van der Waals surface area contributed by atoms with Gasteiger partial charge < -0.3 is 10.6 Å². The molecular formula is C13H21N3. The first kappa shape index (κ1) is 11.4. The smallest absolute Gasteiger partial charge is 0.0436 e. The van der Waals surface area contributed by atoms with Crippen molar-refractivity contribution < 1.29 is 0 Å². The molecule has 0 saturated carbocycles. The summed E-state index contributed by atoms with van der Waals surface area (Å²) in [6, 6.07) is 4.29. The van der Waals surface area contributed by atoms with Crippen LogP contribution in [0.4, 0.5) is 5.69 Å². The molecule has 0 aromatic carbocycles. The van der Waals surface area contributed by atoms with E-state index in [1.54, 1.807) is 0 Å². The van der Waals surface area contributed by atoms with Gasteiger partial charge in [-0.2, -0.15) is 0 Å². The van der Waals surface area contributed by atoms with E-state index < -0.39 is 0 Å². The molecule has 0 amide bonds. The highest BCUT2D eigenvalue weighted by Crippen LogP contribution is 2.22. The third-order valence-electron chi connectivity index (χ3n) is 3.35. The molecule has 1 aliphatic rings. The first-order valence-electron chi connectivity index (χ1n) is 6.19. The average Bonchev–Trinajstić information content (AvgIpc) is 2.31. The largest absolute Gasteiger partial charge is 0.371 e. The van der Waals surface area contributed by atoms with Gasteiger partial charge in [0.25, 0.3) is 0 Å². The van der Waals surface area contributed by atoms with Crippen LogP contribution in [0.25, 0.3) is 0 Å². The summed E-state index contributed by atoms with van der Waals surface area (Å²) in [6.45, 7) is 5.36. The molecule has 1 aromatic rings. The van der Waals surface area contributed by atoms with Gasteiger partial charge in [-0.15, -0.1) is 0 Å². The van der Waals surface area contributed by atoms with Crippen LogP contribution in [0.2, 0.25) is 0 Å². The van der Waals surface area contributed by atoms with E-state index in [4.69, 9.17) is 5.73 Å². The molecule has 2 N–H and O–H groups in total. The maximum Gasteiger partial charge on any atom is 0.0436 e. The Labute approximate surface area is 97.7 Å². The molecule has 2 heterocycles. The van der Waals surface area contributed by atoms with Gasteiger partial charge in [0.15, 0.2) is 0 Å². The van der Waals surface area contributed by atoms with Crippen LogP contribution in [0, 0.1) is 5.92 Å². The van der Waals surface area contributed by atoms with Crippen molar-refractivity contribution in [3.05, 3.63) is 24.0 Å². The fraction of sp³-hybridized carbons (Fsp3) is 0.615. The number of anilines is 1. The SMILES string of the molecule is CC1CCN(c2ccnc(CCN)c2)CC1. The zero-order valence-electron chi connectivity index (χ0n) is 10.0. The lowest BCUT2D eigenvalue weighted by Gasteiger charge is -2.32. The number of nitrogens with zero attached hydrogens (tertiary/aromatic N) is 2. The molecule has 3 heteroatoms. The first-order valence-corrected chi connectivity index (χ1v) is 6.19. The summed E-state index contributed by atoms with van der Waals surface area (Å²) < 4.78 is 0. The van der Waals surface area contributed by atoms with Crippen molar-refractivity contribution in [2.45, 2.75) is 26.2 Å². The van der Waals surface area contributed by atoms with Crippen molar-refractivity contribution in [2.75, 3.05) is 24.5 Å². The number of pyridine rings is 1. The lowest BCUT2D eigenvalue weighted by molar-refractivity contribution is 0.438. The van der Waals surface area contributed by atoms with Crippen molar-refractivity contribution in [1.29, 1.82) is 0 Å². The Morgan fingerprint density at radius 3 is 2.88 bits per heavy atom. The molecule has 1 fully saturated rings. The molecule has 0 aliphatic carbocycles. The highest BCUT2D eigenvalue weighted by atomic mass is 15.1. The van der Waals surface area contributed by atoms with E-state index in [9.17, 15) is 0 Å². The van der Waals surface area contributed by atoms with E-state index in [-0.39, 0.29) is 0 Å². The molecule has 0 unspecified atom stereocenters. The molecule has 0 bridgehead atoms. The molecule has 1 aliphatic heterocycles. The standard InChI is InChI=1S/C13H21N3/c1-11-4-8-16(9-5-11)13-3-7-15-12(10-13)2-6-14/h3,7,10-11H,2,4-6,8-9,14H2,1H3. The van der Waals surface area contributed by atoms with E-state index in [0.29, 0.717) is 6.54 Å². The van der Waals surface area contributed by atoms with Crippen LogP contribution in [0.15, 0.2) is 18.3 Å². The minimum absolute atomic E-state index is 0.674. The molecule has 2 rings (SSSR count). The number of hydrogen-bond acceptors (Lipinski definition) is 3. The Morgan fingerprint density at radius 1 is 1.44 bits per heavy atom. The summed E-state index contributed by atoms with van der Waals surface area (Å²) in [5.41, 5.74) is 7.97. The molecule has 0 spiro atoms. The van der Waals surface area contributed by atoms with Gasteiger partial charge in [-0.05, 0) is 37.4 Å². The summed E-state index contributed by atoms with van der Waals surface area (Å²) in [5, 5.41) is 0. The van der Waals surface area contributed by atoms with Gasteiger partial charge in [0.2, 0.25) is 0 Å². The van der Waals surface area contributed by atoms with Gasteiger partial charge in [0.1, 0.15) is 0 Å². The topological polar surface area (TPSA) is 42.2 Å². The second-order valence-electron chi connectivity index (χ2n) is 4.71. The Kier molecular flexibility index (Phi) is 3.78. The number of rotatable bonds is 3. The predicted molar refractivity (Wildman–Crippen MR) is 67.6 cm³/mol. The lowest BCUT2D eigenvalue weighted by Crippen LogP contribution is -2.32. The third-order valence-corrected chi connectivity index (χ3v) is 3.35. The number of nitrogens with two attached hydrogens (primary N) is 1. The van der Waals surface area contributed by atoms with Crippen LogP contribution in [0.3, 0.4) is 0 Å². The molecular weight excluding hydrogens is 198 g/mol. The van der Waals surface area contributed by atoms with E-state index in [1.165, 1.54) is 31.6 Å².